The second kappa shape index (κ2) is 10.4. The van der Waals surface area contributed by atoms with Crippen molar-refractivity contribution in [2.24, 2.45) is 0 Å². The molecule has 1 unspecified atom stereocenters. The van der Waals surface area contributed by atoms with Gasteiger partial charge in [0.1, 0.15) is 0 Å². The van der Waals surface area contributed by atoms with Crippen LogP contribution in [0.15, 0.2) is 0 Å². The summed E-state index contributed by atoms with van der Waals surface area (Å²) in [7, 11) is 0. The number of hydrogen-bond acceptors (Lipinski definition) is 5. The third kappa shape index (κ3) is 4.87. The molecule has 1 saturated carbocycles. The van der Waals surface area contributed by atoms with E-state index in [1.807, 2.05) is 4.90 Å². The quantitative estimate of drug-likeness (QED) is 0.682. The summed E-state index contributed by atoms with van der Waals surface area (Å²) in [6, 6.07) is 0.434. The molecule has 4 aliphatic rings. The fourth-order valence-corrected chi connectivity index (χ4v) is 6.69. The molecule has 1 amide bonds. The molecule has 3 fully saturated rings. The maximum absolute atomic E-state index is 13.4. The van der Waals surface area contributed by atoms with E-state index < -0.39 is 0 Å². The third-order valence-electron chi connectivity index (χ3n) is 8.56. The van der Waals surface area contributed by atoms with Crippen molar-refractivity contribution in [1.82, 2.24) is 24.9 Å². The molecule has 0 bridgehead atoms. The standard InChI is InChI=1S/C26H43N5O2/c1-2-12-31-23-9-8-21(19-22(23)24(28-31)25(32)29-13-6-3-7-14-29)27-20-26(10-4-5-11-26)30-15-17-33-18-16-30/h21,27H,2-20H2,1H3. The van der Waals surface area contributed by atoms with E-state index in [9.17, 15) is 4.79 Å². The van der Waals surface area contributed by atoms with Crippen LogP contribution in [0.2, 0.25) is 0 Å². The summed E-state index contributed by atoms with van der Waals surface area (Å²) in [6.07, 6.45) is 12.9. The van der Waals surface area contributed by atoms with Crippen LogP contribution in [0.3, 0.4) is 0 Å². The fraction of sp³-hybridized carbons (Fsp3) is 0.846. The number of likely N-dealkylation sites (tertiary alicyclic amines) is 1. The molecule has 2 aliphatic heterocycles. The van der Waals surface area contributed by atoms with Crippen LogP contribution in [0, 0.1) is 0 Å². The molecule has 0 spiro atoms. The molecule has 33 heavy (non-hydrogen) atoms. The predicted molar refractivity (Wildman–Crippen MR) is 130 cm³/mol. The van der Waals surface area contributed by atoms with E-state index in [4.69, 9.17) is 9.84 Å². The lowest BCUT2D eigenvalue weighted by Gasteiger charge is -2.44. The smallest absolute Gasteiger partial charge is 0.274 e. The first-order chi connectivity index (χ1) is 16.2. The number of piperidine rings is 1. The summed E-state index contributed by atoms with van der Waals surface area (Å²) < 4.78 is 7.79. The summed E-state index contributed by atoms with van der Waals surface area (Å²) >= 11 is 0. The first kappa shape index (κ1) is 23.3. The van der Waals surface area contributed by atoms with Gasteiger partial charge < -0.3 is 15.0 Å². The van der Waals surface area contributed by atoms with Gasteiger partial charge in [0, 0.05) is 62.1 Å². The van der Waals surface area contributed by atoms with E-state index in [1.54, 1.807) is 0 Å². The van der Waals surface area contributed by atoms with Crippen LogP contribution in [-0.2, 0) is 24.1 Å². The average Bonchev–Trinajstić information content (AvgIpc) is 3.49. The Kier molecular flexibility index (Phi) is 7.38. The molecule has 7 heteroatoms. The zero-order chi connectivity index (χ0) is 22.7. The molecule has 2 saturated heterocycles. The topological polar surface area (TPSA) is 62.6 Å². The lowest BCUT2D eigenvalue weighted by molar-refractivity contribution is -0.0213. The van der Waals surface area contributed by atoms with Crippen molar-refractivity contribution in [3.05, 3.63) is 17.0 Å². The van der Waals surface area contributed by atoms with Crippen molar-refractivity contribution in [1.29, 1.82) is 0 Å². The SMILES string of the molecule is CCCn1nc(C(=O)N2CCCCC2)c2c1CCC(NCC1(N3CCOCC3)CCCC1)C2. The lowest BCUT2D eigenvalue weighted by atomic mass is 9.89. The number of morpholine rings is 1. The van der Waals surface area contributed by atoms with E-state index >= 15 is 0 Å². The number of carbonyl (C=O) groups excluding carboxylic acids is 1. The number of aryl methyl sites for hydroxylation is 1. The summed E-state index contributed by atoms with van der Waals surface area (Å²) in [5, 5.41) is 8.88. The number of rotatable bonds is 7. The molecule has 184 valence electrons. The van der Waals surface area contributed by atoms with Crippen molar-refractivity contribution < 1.29 is 9.53 Å². The Balaban J connectivity index is 1.30. The summed E-state index contributed by atoms with van der Waals surface area (Å²) in [5.41, 5.74) is 3.59. The number of nitrogens with one attached hydrogen (secondary N) is 1. The van der Waals surface area contributed by atoms with Crippen LogP contribution in [-0.4, -0.2) is 83.0 Å². The fourth-order valence-electron chi connectivity index (χ4n) is 6.69. The van der Waals surface area contributed by atoms with Gasteiger partial charge in [-0.15, -0.1) is 0 Å². The summed E-state index contributed by atoms with van der Waals surface area (Å²) in [4.78, 5) is 18.2. The van der Waals surface area contributed by atoms with Crippen LogP contribution in [0.4, 0.5) is 0 Å². The van der Waals surface area contributed by atoms with E-state index in [0.29, 0.717) is 11.6 Å². The maximum atomic E-state index is 13.4. The van der Waals surface area contributed by atoms with Gasteiger partial charge in [-0.3, -0.25) is 14.4 Å². The predicted octanol–water partition coefficient (Wildman–Crippen LogP) is 3.01. The Bertz CT molecular complexity index is 804. The zero-order valence-corrected chi connectivity index (χ0v) is 20.6. The van der Waals surface area contributed by atoms with Gasteiger partial charge in [-0.2, -0.15) is 5.10 Å². The molecule has 1 atom stereocenters. The Labute approximate surface area is 199 Å². The largest absolute Gasteiger partial charge is 0.379 e. The van der Waals surface area contributed by atoms with Crippen molar-refractivity contribution >= 4 is 5.91 Å². The van der Waals surface area contributed by atoms with Gasteiger partial charge in [-0.25, -0.2) is 0 Å². The maximum Gasteiger partial charge on any atom is 0.274 e. The van der Waals surface area contributed by atoms with Crippen LogP contribution in [0.5, 0.6) is 0 Å². The number of hydrogen-bond donors (Lipinski definition) is 1. The minimum atomic E-state index is 0.169. The van der Waals surface area contributed by atoms with E-state index in [1.165, 1.54) is 43.4 Å². The zero-order valence-electron chi connectivity index (χ0n) is 20.6. The van der Waals surface area contributed by atoms with Crippen LogP contribution >= 0.6 is 0 Å². The van der Waals surface area contributed by atoms with E-state index in [0.717, 1.165) is 96.7 Å². The number of amides is 1. The van der Waals surface area contributed by atoms with Gasteiger partial charge in [0.05, 0.1) is 13.2 Å². The normalized spacial score (nSPS) is 25.8. The van der Waals surface area contributed by atoms with Gasteiger partial charge in [-0.05, 0) is 57.8 Å². The molecule has 0 radical (unpaired) electrons. The highest BCUT2D eigenvalue weighted by Crippen LogP contribution is 2.36. The van der Waals surface area contributed by atoms with Crippen molar-refractivity contribution in [3.63, 3.8) is 0 Å². The number of ether oxygens (including phenoxy) is 1. The van der Waals surface area contributed by atoms with Crippen molar-refractivity contribution in [2.75, 3.05) is 45.9 Å². The molecule has 3 heterocycles. The number of nitrogens with zero attached hydrogens (tertiary/aromatic N) is 4. The van der Waals surface area contributed by atoms with Crippen LogP contribution in [0.25, 0.3) is 0 Å². The third-order valence-corrected chi connectivity index (χ3v) is 8.56. The first-order valence-electron chi connectivity index (χ1n) is 13.6. The van der Waals surface area contributed by atoms with E-state index in [-0.39, 0.29) is 5.91 Å². The monoisotopic (exact) mass is 457 g/mol. The van der Waals surface area contributed by atoms with Crippen molar-refractivity contribution in [2.45, 2.75) is 95.7 Å². The van der Waals surface area contributed by atoms with Gasteiger partial charge in [-0.1, -0.05) is 19.8 Å². The molecule has 2 aliphatic carbocycles. The lowest BCUT2D eigenvalue weighted by Crippen LogP contribution is -2.58. The highest BCUT2D eigenvalue weighted by molar-refractivity contribution is 5.94. The second-order valence-corrected chi connectivity index (χ2v) is 10.7. The Morgan fingerprint density at radius 1 is 1.09 bits per heavy atom. The van der Waals surface area contributed by atoms with E-state index in [2.05, 4.69) is 21.8 Å². The highest BCUT2D eigenvalue weighted by atomic mass is 16.5. The highest BCUT2D eigenvalue weighted by Gasteiger charge is 2.41. The molecule has 7 nitrogen and oxygen atoms in total. The van der Waals surface area contributed by atoms with Gasteiger partial charge in [0.25, 0.3) is 5.91 Å². The molecule has 5 rings (SSSR count). The summed E-state index contributed by atoms with van der Waals surface area (Å²) in [6.45, 7) is 9.80. The van der Waals surface area contributed by atoms with Gasteiger partial charge in [0.15, 0.2) is 5.69 Å². The Morgan fingerprint density at radius 3 is 2.58 bits per heavy atom. The van der Waals surface area contributed by atoms with Gasteiger partial charge >= 0.3 is 0 Å². The molecule has 1 aromatic heterocycles. The second-order valence-electron chi connectivity index (χ2n) is 10.7. The number of aromatic nitrogens is 2. The van der Waals surface area contributed by atoms with Crippen LogP contribution in [0.1, 0.15) is 86.5 Å². The van der Waals surface area contributed by atoms with Crippen molar-refractivity contribution in [3.8, 4) is 0 Å². The van der Waals surface area contributed by atoms with Gasteiger partial charge in [0.2, 0.25) is 0 Å². The first-order valence-corrected chi connectivity index (χ1v) is 13.6. The molecular formula is C26H43N5O2. The number of carbonyl (C=O) groups is 1. The Hall–Kier alpha value is -1.44. The Morgan fingerprint density at radius 2 is 1.85 bits per heavy atom. The number of fused-ring (bicyclic) bond motifs is 1. The molecule has 0 aromatic carbocycles. The average molecular weight is 458 g/mol. The molecule has 1 aromatic rings. The minimum Gasteiger partial charge on any atom is -0.379 e. The summed E-state index contributed by atoms with van der Waals surface area (Å²) in [5.74, 6) is 0.169. The molecular weight excluding hydrogens is 414 g/mol. The van der Waals surface area contributed by atoms with Crippen LogP contribution < -0.4 is 5.32 Å². The minimum absolute atomic E-state index is 0.169. The molecule has 1 N–H and O–H groups in total.